The summed E-state index contributed by atoms with van der Waals surface area (Å²) < 4.78 is 0. The molecule has 0 aliphatic rings. The number of carbonyl (C=O) groups is 1. The maximum absolute atomic E-state index is 10.3. The van der Waals surface area contributed by atoms with Crippen molar-refractivity contribution in [1.82, 2.24) is 0 Å². The van der Waals surface area contributed by atoms with E-state index in [9.17, 15) is 20.1 Å². The van der Waals surface area contributed by atoms with Crippen molar-refractivity contribution in [2.24, 2.45) is 0 Å². The molecule has 0 aromatic carbocycles. The third kappa shape index (κ3) is 15.3. The Labute approximate surface area is 150 Å². The van der Waals surface area contributed by atoms with Gasteiger partial charge in [0.1, 0.15) is 0 Å². The lowest BCUT2D eigenvalue weighted by Gasteiger charge is -2.11. The molecule has 25 heavy (non-hydrogen) atoms. The predicted octanol–water partition coefficient (Wildman–Crippen LogP) is 2.91. The molecule has 0 saturated carbocycles. The molecule has 0 radical (unpaired) electrons. The Morgan fingerprint density at radius 1 is 0.920 bits per heavy atom. The molecule has 0 heterocycles. The highest BCUT2D eigenvalue weighted by Gasteiger charge is 2.10. The predicted molar refractivity (Wildman–Crippen MR) is 100 cm³/mol. The number of hydrogen-bond donors (Lipinski definition) is 4. The minimum Gasteiger partial charge on any atom is -0.481 e. The minimum absolute atomic E-state index is 0.0608. The van der Waals surface area contributed by atoms with Gasteiger partial charge in [-0.3, -0.25) is 4.79 Å². The summed E-state index contributed by atoms with van der Waals surface area (Å²) in [4.78, 5) is 10.3. The van der Waals surface area contributed by atoms with Gasteiger partial charge in [0, 0.05) is 6.42 Å². The maximum Gasteiger partial charge on any atom is 0.303 e. The molecule has 0 bridgehead atoms. The summed E-state index contributed by atoms with van der Waals surface area (Å²) in [7, 11) is 0. The third-order valence-electron chi connectivity index (χ3n) is 3.26. The van der Waals surface area contributed by atoms with E-state index >= 15 is 0 Å². The van der Waals surface area contributed by atoms with Crippen LogP contribution in [0.3, 0.4) is 0 Å². The quantitative estimate of drug-likeness (QED) is 0.302. The average Bonchev–Trinajstić information content (AvgIpc) is 2.56. The summed E-state index contributed by atoms with van der Waals surface area (Å²) in [5.74, 6) is -0.857. The molecule has 4 N–H and O–H groups in total. The van der Waals surface area contributed by atoms with Crippen molar-refractivity contribution in [2.75, 3.05) is 0 Å². The molecule has 0 amide bonds. The monoisotopic (exact) mass is 350 g/mol. The van der Waals surface area contributed by atoms with E-state index < -0.39 is 24.3 Å². The number of hydrogen-bond acceptors (Lipinski definition) is 4. The van der Waals surface area contributed by atoms with Crippen molar-refractivity contribution < 1.29 is 25.2 Å². The van der Waals surface area contributed by atoms with Crippen LogP contribution in [0, 0.1) is 0 Å². The zero-order chi connectivity index (χ0) is 18.9. The fourth-order valence-corrected chi connectivity index (χ4v) is 1.86. The molecule has 0 saturated heterocycles. The number of aliphatic carboxylic acids is 1. The van der Waals surface area contributed by atoms with Crippen LogP contribution in [0.2, 0.25) is 0 Å². The van der Waals surface area contributed by atoms with Crippen molar-refractivity contribution in [3.63, 3.8) is 0 Å². The zero-order valence-electron chi connectivity index (χ0n) is 14.7. The molecule has 5 nitrogen and oxygen atoms in total. The van der Waals surface area contributed by atoms with Gasteiger partial charge >= 0.3 is 5.97 Å². The van der Waals surface area contributed by atoms with Gasteiger partial charge in [-0.05, 0) is 25.7 Å². The first-order valence-corrected chi connectivity index (χ1v) is 8.56. The van der Waals surface area contributed by atoms with Crippen LogP contribution in [-0.2, 0) is 4.79 Å². The van der Waals surface area contributed by atoms with Gasteiger partial charge in [-0.1, -0.05) is 67.7 Å². The Morgan fingerprint density at radius 3 is 2.12 bits per heavy atom. The van der Waals surface area contributed by atoms with Gasteiger partial charge in [0.15, 0.2) is 0 Å². The number of aliphatic hydroxyl groups excluding tert-OH is 3. The van der Waals surface area contributed by atoms with Gasteiger partial charge < -0.3 is 20.4 Å². The Morgan fingerprint density at radius 2 is 1.52 bits per heavy atom. The minimum atomic E-state index is -0.906. The van der Waals surface area contributed by atoms with Crippen LogP contribution in [-0.4, -0.2) is 44.7 Å². The van der Waals surface area contributed by atoms with Crippen LogP contribution in [0.25, 0.3) is 0 Å². The molecule has 0 aliphatic carbocycles. The second kappa shape index (κ2) is 15.6. The second-order valence-electron chi connectivity index (χ2n) is 5.57. The molecule has 0 spiro atoms. The van der Waals surface area contributed by atoms with Crippen LogP contribution < -0.4 is 0 Å². The van der Waals surface area contributed by atoms with Crippen molar-refractivity contribution >= 4 is 5.97 Å². The third-order valence-corrected chi connectivity index (χ3v) is 3.26. The maximum atomic E-state index is 10.3. The number of aliphatic hydroxyl groups is 3. The average molecular weight is 350 g/mol. The van der Waals surface area contributed by atoms with Crippen molar-refractivity contribution in [1.29, 1.82) is 0 Å². The van der Waals surface area contributed by atoms with E-state index in [-0.39, 0.29) is 6.42 Å². The van der Waals surface area contributed by atoms with Gasteiger partial charge in [-0.15, -0.1) is 0 Å². The highest BCUT2D eigenvalue weighted by Crippen LogP contribution is 2.03. The summed E-state index contributed by atoms with van der Waals surface area (Å²) in [5.41, 5.74) is 0. The molecular formula is C20H30O5. The van der Waals surface area contributed by atoms with E-state index in [2.05, 4.69) is 0 Å². The summed E-state index contributed by atoms with van der Waals surface area (Å²) in [6.45, 7) is 2.01. The van der Waals surface area contributed by atoms with Gasteiger partial charge in [-0.25, -0.2) is 0 Å². The molecule has 3 atom stereocenters. The topological polar surface area (TPSA) is 98.0 Å². The van der Waals surface area contributed by atoms with Crippen LogP contribution in [0.15, 0.2) is 60.8 Å². The van der Waals surface area contributed by atoms with Crippen LogP contribution in [0.1, 0.15) is 39.0 Å². The van der Waals surface area contributed by atoms with E-state index in [0.29, 0.717) is 19.3 Å². The lowest BCUT2D eigenvalue weighted by atomic mass is 10.1. The summed E-state index contributed by atoms with van der Waals surface area (Å²) in [5, 5.41) is 37.5. The zero-order valence-corrected chi connectivity index (χ0v) is 14.7. The van der Waals surface area contributed by atoms with Crippen LogP contribution >= 0.6 is 0 Å². The number of allylic oxidation sites excluding steroid dienone is 7. The summed E-state index contributed by atoms with van der Waals surface area (Å²) in [6, 6.07) is 0. The first kappa shape index (κ1) is 23.1. The van der Waals surface area contributed by atoms with Crippen LogP contribution in [0.4, 0.5) is 0 Å². The lowest BCUT2D eigenvalue weighted by Crippen LogP contribution is -2.22. The van der Waals surface area contributed by atoms with E-state index in [1.807, 2.05) is 19.1 Å². The Kier molecular flexibility index (Phi) is 14.4. The molecular weight excluding hydrogens is 320 g/mol. The SMILES string of the molecule is CC/C=C\C[C@H](O)[C@H](O)/C=C/C=C/C=C\C=C\[C@@H](O)CCCC(=O)O. The molecule has 0 unspecified atom stereocenters. The molecule has 0 aliphatic heterocycles. The van der Waals surface area contributed by atoms with Crippen molar-refractivity contribution in [3.8, 4) is 0 Å². The first-order chi connectivity index (χ1) is 12.0. The van der Waals surface area contributed by atoms with Gasteiger partial charge in [-0.2, -0.15) is 0 Å². The Hall–Kier alpha value is -1.95. The summed E-state index contributed by atoms with van der Waals surface area (Å²) in [6.07, 6.45) is 17.1. The van der Waals surface area contributed by atoms with E-state index in [4.69, 9.17) is 5.11 Å². The Balaban J connectivity index is 4.01. The smallest absolute Gasteiger partial charge is 0.303 e. The molecule has 0 aromatic rings. The number of rotatable bonds is 13. The molecule has 0 fully saturated rings. The first-order valence-electron chi connectivity index (χ1n) is 8.56. The van der Waals surface area contributed by atoms with Crippen molar-refractivity contribution in [2.45, 2.75) is 57.3 Å². The molecule has 0 aromatic heterocycles. The second-order valence-corrected chi connectivity index (χ2v) is 5.57. The normalized spacial score (nSPS) is 16.6. The highest BCUT2D eigenvalue weighted by molar-refractivity contribution is 5.66. The van der Waals surface area contributed by atoms with E-state index in [0.717, 1.165) is 6.42 Å². The Bertz CT molecular complexity index is 488. The van der Waals surface area contributed by atoms with Gasteiger partial charge in [0.2, 0.25) is 0 Å². The number of carboxylic acid groups (broad SMARTS) is 1. The van der Waals surface area contributed by atoms with Gasteiger partial charge in [0.25, 0.3) is 0 Å². The van der Waals surface area contributed by atoms with E-state index in [1.165, 1.54) is 6.08 Å². The standard InChI is InChI=1S/C20H30O5/c1-2-3-8-14-18(22)19(23)15-10-7-5-4-6-9-12-17(21)13-11-16-20(24)25/h3-10,12,15,17-19,21-23H,2,11,13-14,16H2,1H3,(H,24,25)/b6-4-,7-5+,8-3-,12-9+,15-10+/t17-,18+,19-/m1/s1. The molecule has 140 valence electrons. The van der Waals surface area contributed by atoms with Gasteiger partial charge in [0.05, 0.1) is 18.3 Å². The lowest BCUT2D eigenvalue weighted by molar-refractivity contribution is -0.137. The largest absolute Gasteiger partial charge is 0.481 e. The van der Waals surface area contributed by atoms with Crippen LogP contribution in [0.5, 0.6) is 0 Å². The molecule has 0 rings (SSSR count). The fourth-order valence-electron chi connectivity index (χ4n) is 1.86. The van der Waals surface area contributed by atoms with Crippen molar-refractivity contribution in [3.05, 3.63) is 60.8 Å². The summed E-state index contributed by atoms with van der Waals surface area (Å²) >= 11 is 0. The highest BCUT2D eigenvalue weighted by atomic mass is 16.4. The van der Waals surface area contributed by atoms with E-state index in [1.54, 1.807) is 42.5 Å². The fraction of sp³-hybridized carbons (Fsp3) is 0.450. The molecule has 5 heteroatoms. The number of carboxylic acids is 1.